The lowest BCUT2D eigenvalue weighted by Gasteiger charge is -2.36. The molecule has 22 nitrogen and oxygen atoms in total. The number of methoxy groups -OCH3 is 3. The lowest BCUT2D eigenvalue weighted by molar-refractivity contribution is -0.148. The molecule has 0 saturated carbocycles. The highest BCUT2D eigenvalue weighted by Gasteiger charge is 2.36. The number of ether oxygens (including phenoxy) is 3. The van der Waals surface area contributed by atoms with Crippen molar-refractivity contribution < 1.29 is 43.0 Å². The van der Waals surface area contributed by atoms with E-state index < -0.39 is 23.8 Å². The smallest absolute Gasteiger partial charge is 0.310 e. The fraction of sp³-hybridized carbons (Fsp3) is 0.400. The number of aromatic amines is 1. The van der Waals surface area contributed by atoms with Crippen LogP contribution in [0, 0.1) is 35.5 Å². The van der Waals surface area contributed by atoms with Gasteiger partial charge in [-0.3, -0.25) is 43.5 Å². The van der Waals surface area contributed by atoms with Gasteiger partial charge in [0.15, 0.2) is 0 Å². The lowest BCUT2D eigenvalue weighted by Crippen LogP contribution is -2.44. The minimum absolute atomic E-state index is 0.169. The summed E-state index contributed by atoms with van der Waals surface area (Å²) in [6, 6.07) is 31.6. The standard InChI is InChI=1S/C25H32N4O4.2C25H32N4O3/c1-16(22(25(32)33-3)13-18-5-4-12-29(15-18)17(2)26)28-24(31)20-8-6-19(7-9-20)21-10-11-23(30)27-14-21;1-17(23(25(31)32-3)14-19-6-5-13-29(16-19)18(2)26)28-24(30)21-10-8-20(9-11-21)22-7-4-12-27-15-22;1-17(23(25(31)32-3)15-19-5-4-14-29(16-19)18(2)26)28-24(30)22-8-6-20(7-9-22)21-10-12-27-13-11-21/h6-11,14,16,18,22H,2,4-5,12-13,15,26H2,1,3H3,(H,27,30)(H,28,31);4,7-12,15,17,19,23H,2,5-6,13-14,16,26H2,1,3H3,(H,28,30);6-13,17,19,23H,2,4-5,14-16,26H2,1,3H3,(H,28,30)/t16-,18?,22-;2*17-,19?,23-/m111/s1. The van der Waals surface area contributed by atoms with Gasteiger partial charge in [0.05, 0.1) is 56.5 Å². The maximum atomic E-state index is 12.8. The van der Waals surface area contributed by atoms with Crippen LogP contribution in [0.3, 0.4) is 0 Å². The first-order valence-corrected chi connectivity index (χ1v) is 33.1. The van der Waals surface area contributed by atoms with Crippen molar-refractivity contribution >= 4 is 35.6 Å². The van der Waals surface area contributed by atoms with Crippen LogP contribution in [0.5, 0.6) is 0 Å². The Bertz CT molecular complexity index is 3490. The second-order valence-electron chi connectivity index (χ2n) is 25.4. The van der Waals surface area contributed by atoms with Gasteiger partial charge in [0.1, 0.15) is 0 Å². The number of likely N-dealkylation sites (tertiary alicyclic amines) is 3. The van der Waals surface area contributed by atoms with Crippen LogP contribution < -0.4 is 38.7 Å². The number of nitrogens with one attached hydrogen (secondary N) is 4. The largest absolute Gasteiger partial charge is 0.469 e. The van der Waals surface area contributed by atoms with Crippen molar-refractivity contribution in [3.63, 3.8) is 0 Å². The van der Waals surface area contributed by atoms with Crippen LogP contribution in [0.4, 0.5) is 0 Å². The predicted molar refractivity (Wildman–Crippen MR) is 376 cm³/mol. The molecule has 9 rings (SSSR count). The highest BCUT2D eigenvalue weighted by molar-refractivity contribution is 5.96. The molecule has 3 aromatic carbocycles. The van der Waals surface area contributed by atoms with Crippen molar-refractivity contribution in [2.24, 2.45) is 52.7 Å². The van der Waals surface area contributed by atoms with Crippen LogP contribution in [0.25, 0.3) is 33.4 Å². The maximum absolute atomic E-state index is 12.8. The number of H-pyrrole nitrogens is 1. The fourth-order valence-corrected chi connectivity index (χ4v) is 12.9. The number of hydrogen-bond donors (Lipinski definition) is 7. The third-order valence-corrected chi connectivity index (χ3v) is 18.5. The van der Waals surface area contributed by atoms with Crippen LogP contribution in [0.2, 0.25) is 0 Å². The second-order valence-corrected chi connectivity index (χ2v) is 25.4. The van der Waals surface area contributed by atoms with Gasteiger partial charge in [0, 0.05) is 111 Å². The van der Waals surface area contributed by atoms with E-state index in [9.17, 15) is 33.6 Å². The maximum Gasteiger partial charge on any atom is 0.310 e. The number of amides is 3. The van der Waals surface area contributed by atoms with Crippen molar-refractivity contribution in [3.8, 4) is 33.4 Å². The van der Waals surface area contributed by atoms with E-state index in [1.54, 1.807) is 73.4 Å². The van der Waals surface area contributed by atoms with Crippen LogP contribution in [-0.2, 0) is 28.6 Å². The van der Waals surface area contributed by atoms with Crippen LogP contribution in [-0.4, -0.2) is 144 Å². The third kappa shape index (κ3) is 21.9. The average Bonchev–Trinajstić information content (AvgIpc) is 1.12. The van der Waals surface area contributed by atoms with Crippen LogP contribution in [0.15, 0.2) is 182 Å². The van der Waals surface area contributed by atoms with Crippen molar-refractivity contribution in [3.05, 3.63) is 204 Å². The Hall–Kier alpha value is -10.3. The number of pyridine rings is 3. The molecule has 6 aromatic rings. The van der Waals surface area contributed by atoms with Gasteiger partial charge in [0.2, 0.25) is 5.56 Å². The predicted octanol–water partition coefficient (Wildman–Crippen LogP) is 8.86. The highest BCUT2D eigenvalue weighted by Crippen LogP contribution is 2.31. The molecule has 0 spiro atoms. The molecule has 3 saturated heterocycles. The molecule has 3 aliphatic heterocycles. The molecule has 0 bridgehead atoms. The first-order chi connectivity index (χ1) is 46.5. The van der Waals surface area contributed by atoms with E-state index in [0.717, 1.165) is 111 Å². The zero-order valence-electron chi connectivity index (χ0n) is 56.8. The van der Waals surface area contributed by atoms with Crippen LogP contribution >= 0.6 is 0 Å². The fourth-order valence-electron chi connectivity index (χ4n) is 12.9. The summed E-state index contributed by atoms with van der Waals surface area (Å²) in [5, 5.41) is 8.93. The number of carbonyl (C=O) groups excluding carboxylic acids is 6. The number of hydrogen-bond acceptors (Lipinski definition) is 18. The van der Waals surface area contributed by atoms with E-state index in [1.165, 1.54) is 27.4 Å². The minimum atomic E-state index is -0.463. The van der Waals surface area contributed by atoms with E-state index in [2.05, 4.69) is 60.4 Å². The molecule has 0 radical (unpaired) electrons. The van der Waals surface area contributed by atoms with Gasteiger partial charge in [0.25, 0.3) is 17.7 Å². The number of nitrogens with zero attached hydrogens (tertiary/aromatic N) is 5. The van der Waals surface area contributed by atoms with E-state index in [1.807, 2.05) is 86.3 Å². The normalized spacial score (nSPS) is 17.8. The molecule has 9 atom stereocenters. The van der Waals surface area contributed by atoms with E-state index >= 15 is 0 Å². The summed E-state index contributed by atoms with van der Waals surface area (Å²) >= 11 is 0. The van der Waals surface area contributed by atoms with Crippen molar-refractivity contribution in [1.29, 1.82) is 0 Å². The molecule has 10 N–H and O–H groups in total. The topological polar surface area (TPSA) is 313 Å². The van der Waals surface area contributed by atoms with E-state index in [-0.39, 0.29) is 71.0 Å². The monoisotopic (exact) mass is 1320 g/mol. The van der Waals surface area contributed by atoms with E-state index in [0.29, 0.717) is 53.4 Å². The summed E-state index contributed by atoms with van der Waals surface area (Å²) in [5.74, 6) is -0.494. The number of nitrogens with two attached hydrogens (primary N) is 3. The molecule has 3 fully saturated rings. The number of benzene rings is 3. The summed E-state index contributed by atoms with van der Waals surface area (Å²) in [6.45, 7) is 21.9. The molecule has 3 amide bonds. The number of aromatic nitrogens is 3. The SMILES string of the molecule is C=C(N)N1CCCC(C[C@@H](C(=O)OC)[C@@H](C)NC(=O)c2ccc(-c3ccc(=O)[nH]c3)cc2)C1.C=C(N)N1CCCC(C[C@@H](C(=O)OC)[C@@H](C)NC(=O)c2ccc(-c3cccnc3)cc2)C1.C=C(N)N1CCCC(C[C@@H](C(=O)OC)[C@@H](C)NC(=O)c2ccc(-c3ccncc3)cc2)C1. The van der Waals surface area contributed by atoms with Gasteiger partial charge >= 0.3 is 17.9 Å². The van der Waals surface area contributed by atoms with Crippen molar-refractivity contribution in [1.82, 2.24) is 45.6 Å². The molecule has 516 valence electrons. The third-order valence-electron chi connectivity index (χ3n) is 18.5. The van der Waals surface area contributed by atoms with E-state index in [4.69, 9.17) is 31.4 Å². The van der Waals surface area contributed by atoms with Gasteiger partial charge in [-0.2, -0.15) is 0 Å². The molecule has 6 heterocycles. The van der Waals surface area contributed by atoms with Crippen molar-refractivity contribution in [2.45, 2.75) is 96.7 Å². The Balaban J connectivity index is 0.000000205. The van der Waals surface area contributed by atoms with Gasteiger partial charge in [-0.05, 0) is 190 Å². The molecule has 22 heteroatoms. The Labute approximate surface area is 569 Å². The number of rotatable bonds is 24. The summed E-state index contributed by atoms with van der Waals surface area (Å²) in [5.41, 5.74) is 24.7. The molecule has 3 aliphatic rings. The molecule has 0 aliphatic carbocycles. The number of esters is 3. The second kappa shape index (κ2) is 36.6. The highest BCUT2D eigenvalue weighted by atomic mass is 16.5. The Morgan fingerprint density at radius 3 is 1.11 bits per heavy atom. The van der Waals surface area contributed by atoms with Gasteiger partial charge in [-0.1, -0.05) is 62.2 Å². The molecule has 3 unspecified atom stereocenters. The zero-order valence-corrected chi connectivity index (χ0v) is 56.8. The zero-order chi connectivity index (χ0) is 70.1. The summed E-state index contributed by atoms with van der Waals surface area (Å²) in [7, 11) is 4.14. The first-order valence-electron chi connectivity index (χ1n) is 33.1. The molecular formula is C75H96N12O10. The lowest BCUT2D eigenvalue weighted by atomic mass is 9.85. The number of piperidine rings is 3. The van der Waals surface area contributed by atoms with Gasteiger partial charge in [-0.15, -0.1) is 0 Å². The molecule has 97 heavy (non-hydrogen) atoms. The number of carbonyl (C=O) groups is 6. The molecular weight excluding hydrogens is 1230 g/mol. The quantitative estimate of drug-likeness (QED) is 0.0220. The Morgan fingerprint density at radius 2 is 0.804 bits per heavy atom. The average molecular weight is 1330 g/mol. The first kappa shape index (κ1) is 74.1. The summed E-state index contributed by atoms with van der Waals surface area (Å²) in [4.78, 5) is 104. The Kier molecular flexibility index (Phi) is 28.0. The van der Waals surface area contributed by atoms with Gasteiger partial charge < -0.3 is 67.0 Å². The Morgan fingerprint density at radius 1 is 0.474 bits per heavy atom. The molecule has 3 aromatic heterocycles. The van der Waals surface area contributed by atoms with Crippen molar-refractivity contribution in [2.75, 3.05) is 60.6 Å². The van der Waals surface area contributed by atoms with Crippen LogP contribution in [0.1, 0.15) is 110 Å². The minimum Gasteiger partial charge on any atom is -0.469 e. The summed E-state index contributed by atoms with van der Waals surface area (Å²) in [6.07, 6.45) is 16.4. The van der Waals surface area contributed by atoms with Gasteiger partial charge in [-0.25, -0.2) is 0 Å². The summed E-state index contributed by atoms with van der Waals surface area (Å²) < 4.78 is 15.1.